The molecule has 2 heterocycles. The van der Waals surface area contributed by atoms with E-state index in [-0.39, 0.29) is 24.2 Å². The van der Waals surface area contributed by atoms with Gasteiger partial charge >= 0.3 is 0 Å². The molecule has 2 rings (SSSR count). The molecule has 1 saturated heterocycles. The number of nitrogens with two attached hydrogens (primary N) is 1. The number of pyridine rings is 1. The fraction of sp³-hybridized carbons (Fsp3) is 0.583. The van der Waals surface area contributed by atoms with Crippen LogP contribution in [0.25, 0.3) is 0 Å². The molecule has 9 nitrogen and oxygen atoms in total. The number of nitrogens with one attached hydrogen (secondary N) is 1. The van der Waals surface area contributed by atoms with Crippen molar-refractivity contribution in [3.63, 3.8) is 0 Å². The van der Waals surface area contributed by atoms with Crippen LogP contribution in [0.3, 0.4) is 0 Å². The second-order valence-corrected chi connectivity index (χ2v) is 4.75. The molecule has 0 unspecified atom stereocenters. The van der Waals surface area contributed by atoms with Crippen LogP contribution >= 0.6 is 0 Å². The molecule has 1 aromatic rings. The number of hydrogen-bond donors (Lipinski definition) is 3. The Bertz CT molecular complexity index is 491. The predicted molar refractivity (Wildman–Crippen MR) is 77.0 cm³/mol. The summed E-state index contributed by atoms with van der Waals surface area (Å²) in [6.07, 6.45) is 1.69. The lowest BCUT2D eigenvalue weighted by atomic mass is 10.1. The van der Waals surface area contributed by atoms with Crippen molar-refractivity contribution < 1.29 is 14.8 Å². The fourth-order valence-corrected chi connectivity index (χ4v) is 2.31. The van der Waals surface area contributed by atoms with Gasteiger partial charge in [-0.25, -0.2) is 10.8 Å². The highest BCUT2D eigenvalue weighted by Crippen LogP contribution is 2.25. The van der Waals surface area contributed by atoms with Crippen LogP contribution in [0.4, 0.5) is 17.3 Å². The van der Waals surface area contributed by atoms with Crippen molar-refractivity contribution in [1.29, 1.82) is 0 Å². The van der Waals surface area contributed by atoms with Crippen LogP contribution in [0, 0.1) is 10.1 Å². The van der Waals surface area contributed by atoms with Gasteiger partial charge in [0.15, 0.2) is 0 Å². The largest absolute Gasteiger partial charge is 0.394 e. The molecule has 1 aliphatic heterocycles. The van der Waals surface area contributed by atoms with Crippen LogP contribution in [0.15, 0.2) is 12.1 Å². The number of anilines is 2. The average Bonchev–Trinajstić information content (AvgIpc) is 2.52. The van der Waals surface area contributed by atoms with Gasteiger partial charge in [0.1, 0.15) is 11.6 Å². The van der Waals surface area contributed by atoms with Crippen LogP contribution in [0.1, 0.15) is 12.8 Å². The van der Waals surface area contributed by atoms with Crippen LogP contribution in [0.5, 0.6) is 0 Å². The SMILES string of the molecule is NNc1cc([N+](=O)[O-])cc(N2CCC(OCCO)CC2)n1. The summed E-state index contributed by atoms with van der Waals surface area (Å²) in [5, 5.41) is 19.7. The molecule has 116 valence electrons. The number of piperidine rings is 1. The average molecular weight is 297 g/mol. The molecule has 0 aliphatic carbocycles. The molecule has 0 atom stereocenters. The summed E-state index contributed by atoms with van der Waals surface area (Å²) in [5.74, 6) is 6.08. The summed E-state index contributed by atoms with van der Waals surface area (Å²) in [5.41, 5.74) is 2.29. The molecule has 0 saturated carbocycles. The van der Waals surface area contributed by atoms with Crippen molar-refractivity contribution in [3.05, 3.63) is 22.2 Å². The summed E-state index contributed by atoms with van der Waals surface area (Å²) >= 11 is 0. The maximum atomic E-state index is 10.9. The number of hydrazine groups is 1. The maximum Gasteiger partial charge on any atom is 0.276 e. The van der Waals surface area contributed by atoms with E-state index in [9.17, 15) is 10.1 Å². The quantitative estimate of drug-likeness (QED) is 0.387. The van der Waals surface area contributed by atoms with Gasteiger partial charge in [-0.2, -0.15) is 0 Å². The monoisotopic (exact) mass is 297 g/mol. The molecule has 1 aliphatic rings. The van der Waals surface area contributed by atoms with Gasteiger partial charge in [-0.05, 0) is 12.8 Å². The van der Waals surface area contributed by atoms with E-state index in [1.54, 1.807) is 0 Å². The first kappa shape index (κ1) is 15.4. The van der Waals surface area contributed by atoms with Gasteiger partial charge in [0.2, 0.25) is 0 Å². The molecule has 0 radical (unpaired) electrons. The molecule has 9 heteroatoms. The summed E-state index contributed by atoms with van der Waals surface area (Å²) in [6.45, 7) is 1.72. The lowest BCUT2D eigenvalue weighted by molar-refractivity contribution is -0.384. The lowest BCUT2D eigenvalue weighted by Crippen LogP contribution is -2.38. The number of nitrogen functional groups attached to an aromatic ring is 1. The molecule has 1 fully saturated rings. The highest BCUT2D eigenvalue weighted by atomic mass is 16.6. The molecule has 4 N–H and O–H groups in total. The van der Waals surface area contributed by atoms with Crippen molar-refractivity contribution in [1.82, 2.24) is 4.98 Å². The van der Waals surface area contributed by atoms with Crippen molar-refractivity contribution in [2.75, 3.05) is 36.6 Å². The number of nitrogens with zero attached hydrogens (tertiary/aromatic N) is 3. The minimum atomic E-state index is -0.469. The Morgan fingerprint density at radius 1 is 1.52 bits per heavy atom. The van der Waals surface area contributed by atoms with Gasteiger partial charge in [-0.3, -0.25) is 10.1 Å². The summed E-state index contributed by atoms with van der Waals surface area (Å²) in [7, 11) is 0. The fourth-order valence-electron chi connectivity index (χ4n) is 2.31. The Morgan fingerprint density at radius 2 is 2.24 bits per heavy atom. The molecule has 1 aromatic heterocycles. The molecule has 0 spiro atoms. The Morgan fingerprint density at radius 3 is 2.81 bits per heavy atom. The zero-order chi connectivity index (χ0) is 15.2. The molecule has 21 heavy (non-hydrogen) atoms. The van der Waals surface area contributed by atoms with Gasteiger partial charge in [0, 0.05) is 13.1 Å². The normalized spacial score (nSPS) is 16.0. The lowest BCUT2D eigenvalue weighted by Gasteiger charge is -2.32. The van der Waals surface area contributed by atoms with E-state index in [0.717, 1.165) is 12.8 Å². The van der Waals surface area contributed by atoms with E-state index in [0.29, 0.717) is 25.5 Å². The number of hydrogen-bond acceptors (Lipinski definition) is 8. The van der Waals surface area contributed by atoms with E-state index in [2.05, 4.69) is 10.4 Å². The smallest absolute Gasteiger partial charge is 0.276 e. The highest BCUT2D eigenvalue weighted by Gasteiger charge is 2.22. The topological polar surface area (TPSA) is 127 Å². The van der Waals surface area contributed by atoms with Crippen LogP contribution in [-0.2, 0) is 4.74 Å². The van der Waals surface area contributed by atoms with E-state index in [1.807, 2.05) is 4.90 Å². The van der Waals surface area contributed by atoms with Gasteiger partial charge in [0.05, 0.1) is 36.4 Å². The molecular weight excluding hydrogens is 278 g/mol. The van der Waals surface area contributed by atoms with Crippen LogP contribution < -0.4 is 16.2 Å². The van der Waals surface area contributed by atoms with Gasteiger partial charge in [-0.15, -0.1) is 0 Å². The number of aromatic nitrogens is 1. The van der Waals surface area contributed by atoms with Gasteiger partial charge in [-0.1, -0.05) is 0 Å². The van der Waals surface area contributed by atoms with Gasteiger partial charge in [0.25, 0.3) is 5.69 Å². The van der Waals surface area contributed by atoms with E-state index < -0.39 is 4.92 Å². The predicted octanol–water partition coefficient (Wildman–Crippen LogP) is 0.253. The van der Waals surface area contributed by atoms with Crippen molar-refractivity contribution in [3.8, 4) is 0 Å². The summed E-state index contributed by atoms with van der Waals surface area (Å²) < 4.78 is 5.49. The van der Waals surface area contributed by atoms with E-state index >= 15 is 0 Å². The minimum absolute atomic E-state index is 0.0121. The number of aliphatic hydroxyl groups excluding tert-OH is 1. The number of rotatable bonds is 6. The molecule has 0 aromatic carbocycles. The maximum absolute atomic E-state index is 10.9. The number of aliphatic hydroxyl groups is 1. The zero-order valence-electron chi connectivity index (χ0n) is 11.6. The Balaban J connectivity index is 2.05. The first-order valence-corrected chi connectivity index (χ1v) is 6.74. The third-order valence-electron chi connectivity index (χ3n) is 3.37. The van der Waals surface area contributed by atoms with E-state index in [1.165, 1.54) is 12.1 Å². The standard InChI is InChI=1S/C12H19N5O4/c13-15-11-7-9(17(19)20)8-12(14-11)16-3-1-10(2-4-16)21-6-5-18/h7-8,10,18H,1-6,13H2,(H,14,15). The van der Waals surface area contributed by atoms with E-state index in [4.69, 9.17) is 15.7 Å². The second kappa shape index (κ2) is 7.16. The number of ether oxygens (including phenoxy) is 1. The Labute approximate surface area is 121 Å². The first-order chi connectivity index (χ1) is 10.1. The third kappa shape index (κ3) is 4.00. The first-order valence-electron chi connectivity index (χ1n) is 6.74. The minimum Gasteiger partial charge on any atom is -0.394 e. The zero-order valence-corrected chi connectivity index (χ0v) is 11.6. The van der Waals surface area contributed by atoms with Crippen molar-refractivity contribution in [2.24, 2.45) is 5.84 Å². The van der Waals surface area contributed by atoms with Gasteiger partial charge < -0.3 is 20.2 Å². The third-order valence-corrected chi connectivity index (χ3v) is 3.37. The van der Waals surface area contributed by atoms with Crippen molar-refractivity contribution >= 4 is 17.3 Å². The summed E-state index contributed by atoms with van der Waals surface area (Å²) in [6, 6.07) is 2.73. The number of nitro groups is 1. The second-order valence-electron chi connectivity index (χ2n) is 4.75. The Hall–Kier alpha value is -1.97. The Kier molecular flexibility index (Phi) is 5.26. The molecule has 0 bridgehead atoms. The molecular formula is C12H19N5O4. The van der Waals surface area contributed by atoms with Crippen molar-refractivity contribution in [2.45, 2.75) is 18.9 Å². The highest BCUT2D eigenvalue weighted by molar-refractivity contribution is 5.55. The van der Waals surface area contributed by atoms with Crippen LogP contribution in [0.2, 0.25) is 0 Å². The van der Waals surface area contributed by atoms with Crippen LogP contribution in [-0.4, -0.2) is 47.4 Å². The summed E-state index contributed by atoms with van der Waals surface area (Å²) in [4.78, 5) is 16.7. The molecule has 0 amide bonds.